The van der Waals surface area contributed by atoms with Gasteiger partial charge in [0, 0.05) is 37.3 Å². The number of aromatic nitrogens is 4. The van der Waals surface area contributed by atoms with Crippen LogP contribution in [-0.4, -0.2) is 61.5 Å². The first kappa shape index (κ1) is 30.3. The van der Waals surface area contributed by atoms with Crippen molar-refractivity contribution in [3.8, 4) is 0 Å². The fourth-order valence-electron chi connectivity index (χ4n) is 6.33. The minimum atomic E-state index is 0. The van der Waals surface area contributed by atoms with Gasteiger partial charge in [0.1, 0.15) is 0 Å². The smallest absolute Gasteiger partial charge is 0.227 e. The molecular weight excluding hydrogens is 547 g/mol. The van der Waals surface area contributed by atoms with E-state index in [9.17, 15) is 4.79 Å². The Balaban J connectivity index is 0.00000185. The van der Waals surface area contributed by atoms with Crippen LogP contribution in [0.15, 0.2) is 36.7 Å². The maximum absolute atomic E-state index is 12.8. The number of likely N-dealkylation sites (tertiary alicyclic amines) is 1. The molecular formula is C29H42Cl2N8O. The third kappa shape index (κ3) is 6.98. The van der Waals surface area contributed by atoms with Gasteiger partial charge in [0.25, 0.3) is 0 Å². The average Bonchev–Trinajstić information content (AvgIpc) is 3.61. The van der Waals surface area contributed by atoms with Gasteiger partial charge in [-0.2, -0.15) is 9.97 Å². The van der Waals surface area contributed by atoms with E-state index >= 15 is 0 Å². The third-order valence-corrected chi connectivity index (χ3v) is 8.63. The van der Waals surface area contributed by atoms with Gasteiger partial charge in [-0.1, -0.05) is 43.2 Å². The molecule has 6 rings (SSSR count). The highest BCUT2D eigenvalue weighted by Gasteiger charge is 2.27. The van der Waals surface area contributed by atoms with Crippen molar-refractivity contribution >= 4 is 53.7 Å². The molecule has 3 heterocycles. The molecule has 2 aliphatic carbocycles. The number of rotatable bonds is 7. The van der Waals surface area contributed by atoms with Crippen molar-refractivity contribution in [1.82, 2.24) is 24.4 Å². The molecule has 9 nitrogen and oxygen atoms in total. The number of piperidine rings is 1. The van der Waals surface area contributed by atoms with Crippen LogP contribution < -0.4 is 16.4 Å². The Morgan fingerprint density at radius 3 is 2.25 bits per heavy atom. The van der Waals surface area contributed by atoms with Crippen molar-refractivity contribution in [1.29, 1.82) is 0 Å². The SMILES string of the molecule is Cl.Cl.NC1CCC(Nc2nc(NC3CCN(C(=O)Cc4ccccc4)CC3)c3ncn(C4CCCC4)c3n2)CC1. The number of anilines is 2. The van der Waals surface area contributed by atoms with Gasteiger partial charge in [-0.25, -0.2) is 4.98 Å². The Bertz CT molecular complexity index is 1230. The van der Waals surface area contributed by atoms with Crippen LogP contribution >= 0.6 is 24.8 Å². The number of imidazole rings is 1. The minimum absolute atomic E-state index is 0. The van der Waals surface area contributed by atoms with Gasteiger partial charge in [0.2, 0.25) is 11.9 Å². The van der Waals surface area contributed by atoms with Crippen molar-refractivity contribution in [3.63, 3.8) is 0 Å². The number of nitrogens with two attached hydrogens (primary N) is 1. The third-order valence-electron chi connectivity index (χ3n) is 8.63. The van der Waals surface area contributed by atoms with E-state index in [0.29, 0.717) is 30.5 Å². The van der Waals surface area contributed by atoms with E-state index < -0.39 is 0 Å². The Hall–Kier alpha value is -2.62. The molecule has 0 unspecified atom stereocenters. The fourth-order valence-corrected chi connectivity index (χ4v) is 6.33. The number of carbonyl (C=O) groups is 1. The second kappa shape index (κ2) is 13.8. The van der Waals surface area contributed by atoms with E-state index in [1.807, 2.05) is 41.6 Å². The molecule has 11 heteroatoms. The first-order valence-electron chi connectivity index (χ1n) is 14.5. The largest absolute Gasteiger partial charge is 0.365 e. The van der Waals surface area contributed by atoms with E-state index in [-0.39, 0.29) is 36.8 Å². The Morgan fingerprint density at radius 1 is 0.875 bits per heavy atom. The summed E-state index contributed by atoms with van der Waals surface area (Å²) in [7, 11) is 0. The van der Waals surface area contributed by atoms with E-state index in [0.717, 1.165) is 74.2 Å². The predicted octanol–water partition coefficient (Wildman–Crippen LogP) is 5.11. The van der Waals surface area contributed by atoms with Gasteiger partial charge in [-0.05, 0) is 56.9 Å². The van der Waals surface area contributed by atoms with Gasteiger partial charge in [0.05, 0.1) is 12.7 Å². The summed E-state index contributed by atoms with van der Waals surface area (Å²) < 4.78 is 2.27. The second-order valence-electron chi connectivity index (χ2n) is 11.4. The molecule has 4 N–H and O–H groups in total. The zero-order chi connectivity index (χ0) is 25.9. The lowest BCUT2D eigenvalue weighted by Gasteiger charge is -2.33. The molecule has 1 aromatic carbocycles. The maximum Gasteiger partial charge on any atom is 0.227 e. The summed E-state index contributed by atoms with van der Waals surface area (Å²) >= 11 is 0. The van der Waals surface area contributed by atoms with E-state index in [1.165, 1.54) is 25.7 Å². The Morgan fingerprint density at radius 2 is 1.55 bits per heavy atom. The Labute approximate surface area is 248 Å². The Kier molecular flexibility index (Phi) is 10.5. The highest BCUT2D eigenvalue weighted by Crippen LogP contribution is 2.34. The van der Waals surface area contributed by atoms with E-state index in [4.69, 9.17) is 20.7 Å². The molecule has 0 bridgehead atoms. The topological polar surface area (TPSA) is 114 Å². The van der Waals surface area contributed by atoms with E-state index in [2.05, 4.69) is 15.2 Å². The number of hydrogen-bond acceptors (Lipinski definition) is 7. The van der Waals surface area contributed by atoms with Crippen LogP contribution in [0.2, 0.25) is 0 Å². The quantitative estimate of drug-likeness (QED) is 0.351. The van der Waals surface area contributed by atoms with Crippen LogP contribution in [-0.2, 0) is 11.2 Å². The second-order valence-corrected chi connectivity index (χ2v) is 11.4. The summed E-state index contributed by atoms with van der Waals surface area (Å²) in [4.78, 5) is 29.5. The van der Waals surface area contributed by atoms with Crippen LogP contribution in [0.4, 0.5) is 11.8 Å². The van der Waals surface area contributed by atoms with Gasteiger partial charge in [-0.15, -0.1) is 24.8 Å². The lowest BCUT2D eigenvalue weighted by Crippen LogP contribution is -2.43. The molecule has 1 aliphatic heterocycles. The van der Waals surface area contributed by atoms with Gasteiger partial charge in [0.15, 0.2) is 17.0 Å². The predicted molar refractivity (Wildman–Crippen MR) is 165 cm³/mol. The number of benzene rings is 1. The molecule has 2 saturated carbocycles. The van der Waals surface area contributed by atoms with Gasteiger partial charge >= 0.3 is 0 Å². The molecule has 1 amide bonds. The average molecular weight is 590 g/mol. The molecule has 218 valence electrons. The summed E-state index contributed by atoms with van der Waals surface area (Å²) in [6, 6.07) is 11.4. The van der Waals surface area contributed by atoms with Crippen LogP contribution in [0.25, 0.3) is 11.2 Å². The van der Waals surface area contributed by atoms with Gasteiger partial charge in [-0.3, -0.25) is 4.79 Å². The first-order valence-corrected chi connectivity index (χ1v) is 14.5. The van der Waals surface area contributed by atoms with Gasteiger partial charge < -0.3 is 25.8 Å². The maximum atomic E-state index is 12.8. The molecule has 3 fully saturated rings. The summed E-state index contributed by atoms with van der Waals surface area (Å²) in [5, 5.41) is 7.31. The highest BCUT2D eigenvalue weighted by molar-refractivity contribution is 5.86. The monoisotopic (exact) mass is 588 g/mol. The first-order chi connectivity index (χ1) is 18.6. The molecule has 0 spiro atoms. The number of nitrogens with zero attached hydrogens (tertiary/aromatic N) is 5. The standard InChI is InChI=1S/C29H40N8O.2ClH/c30-21-10-12-22(13-11-21)33-29-34-27(26-28(35-29)37(19-31-26)24-8-4-5-9-24)32-23-14-16-36(17-15-23)25(38)18-20-6-2-1-3-7-20;;/h1-3,6-7,19,21-24H,4-5,8-18,30H2,(H2,32,33,34,35);2*1H. The molecule has 0 atom stereocenters. The molecule has 1 saturated heterocycles. The van der Waals surface area contributed by atoms with Crippen LogP contribution in [0.5, 0.6) is 0 Å². The zero-order valence-electron chi connectivity index (χ0n) is 23.0. The van der Waals surface area contributed by atoms with E-state index in [1.54, 1.807) is 0 Å². The van der Waals surface area contributed by atoms with Crippen molar-refractivity contribution in [2.75, 3.05) is 23.7 Å². The normalized spacial score (nSPS) is 22.0. The zero-order valence-corrected chi connectivity index (χ0v) is 24.6. The molecule has 3 aliphatic rings. The van der Waals surface area contributed by atoms with Crippen LogP contribution in [0.1, 0.15) is 75.8 Å². The number of amides is 1. The number of carbonyl (C=O) groups excluding carboxylic acids is 1. The number of hydrogen-bond donors (Lipinski definition) is 3. The van der Waals surface area contributed by atoms with Crippen molar-refractivity contribution < 1.29 is 4.79 Å². The molecule has 40 heavy (non-hydrogen) atoms. The number of nitrogens with one attached hydrogen (secondary N) is 2. The summed E-state index contributed by atoms with van der Waals surface area (Å²) in [6.45, 7) is 1.50. The molecule has 2 aromatic heterocycles. The minimum Gasteiger partial charge on any atom is -0.365 e. The number of halogens is 2. The highest BCUT2D eigenvalue weighted by atomic mass is 35.5. The van der Waals surface area contributed by atoms with Crippen molar-refractivity contribution in [3.05, 3.63) is 42.2 Å². The number of fused-ring (bicyclic) bond motifs is 1. The molecule has 0 radical (unpaired) electrons. The van der Waals surface area contributed by atoms with Crippen molar-refractivity contribution in [2.24, 2.45) is 5.73 Å². The van der Waals surface area contributed by atoms with Crippen LogP contribution in [0.3, 0.4) is 0 Å². The van der Waals surface area contributed by atoms with Crippen molar-refractivity contribution in [2.45, 2.75) is 94.8 Å². The lowest BCUT2D eigenvalue weighted by molar-refractivity contribution is -0.131. The summed E-state index contributed by atoms with van der Waals surface area (Å²) in [6.07, 6.45) is 13.2. The summed E-state index contributed by atoms with van der Waals surface area (Å²) in [5.74, 6) is 1.68. The lowest BCUT2D eigenvalue weighted by atomic mass is 9.92. The fraction of sp³-hybridized carbons (Fsp3) is 0.586. The molecule has 3 aromatic rings. The van der Waals surface area contributed by atoms with Crippen LogP contribution in [0, 0.1) is 0 Å². The summed E-state index contributed by atoms with van der Waals surface area (Å²) in [5.41, 5.74) is 8.96.